The third-order valence-electron chi connectivity index (χ3n) is 4.12. The van der Waals surface area contributed by atoms with Crippen LogP contribution in [0.25, 0.3) is 20.8 Å². The van der Waals surface area contributed by atoms with Gasteiger partial charge in [0.1, 0.15) is 5.01 Å². The molecule has 7 nitrogen and oxygen atoms in total. The number of aromatic nitrogens is 1. The number of carbonyl (C=O) groups is 2. The molecule has 3 aromatic rings. The van der Waals surface area contributed by atoms with Crippen LogP contribution in [0.15, 0.2) is 30.3 Å². The van der Waals surface area contributed by atoms with Crippen molar-refractivity contribution in [3.63, 3.8) is 0 Å². The molecular weight excluding hydrogens is 378 g/mol. The first-order chi connectivity index (χ1) is 13.3. The van der Waals surface area contributed by atoms with E-state index in [1.807, 2.05) is 6.07 Å². The molecule has 2 aromatic carbocycles. The Kier molecular flexibility index (Phi) is 5.51. The summed E-state index contributed by atoms with van der Waals surface area (Å²) in [5, 5.41) is 3.43. The van der Waals surface area contributed by atoms with Crippen molar-refractivity contribution in [1.29, 1.82) is 0 Å². The molecule has 0 atom stereocenters. The lowest BCUT2D eigenvalue weighted by Crippen LogP contribution is -2.23. The molecule has 1 heterocycles. The molecule has 0 aliphatic rings. The summed E-state index contributed by atoms with van der Waals surface area (Å²) in [5.74, 6) is 0.785. The van der Waals surface area contributed by atoms with E-state index in [-0.39, 0.29) is 11.8 Å². The lowest BCUT2D eigenvalue weighted by molar-refractivity contribution is -0.114. The Balaban J connectivity index is 2.26. The minimum atomic E-state index is -0.222. The fourth-order valence-corrected chi connectivity index (χ4v) is 3.91. The average molecular weight is 399 g/mol. The number of anilines is 1. The number of nitrogens with zero attached hydrogens (tertiary/aromatic N) is 2. The Bertz CT molecular complexity index is 1020. The van der Waals surface area contributed by atoms with E-state index >= 15 is 0 Å². The van der Waals surface area contributed by atoms with Gasteiger partial charge in [0.2, 0.25) is 5.91 Å². The van der Waals surface area contributed by atoms with Gasteiger partial charge in [-0.05, 0) is 12.1 Å². The number of hydrogen-bond acceptors (Lipinski definition) is 6. The first-order valence-corrected chi connectivity index (χ1v) is 9.32. The van der Waals surface area contributed by atoms with E-state index in [2.05, 4.69) is 5.32 Å². The second kappa shape index (κ2) is 7.85. The summed E-state index contributed by atoms with van der Waals surface area (Å²) in [4.78, 5) is 30.6. The van der Waals surface area contributed by atoms with Crippen molar-refractivity contribution in [2.24, 2.45) is 0 Å². The number of thiazole rings is 1. The summed E-state index contributed by atoms with van der Waals surface area (Å²) in [5.41, 5.74) is 2.32. The normalized spacial score (nSPS) is 10.6. The number of benzene rings is 2. The Morgan fingerprint density at radius 2 is 1.79 bits per heavy atom. The molecule has 146 valence electrons. The summed E-state index contributed by atoms with van der Waals surface area (Å²) in [6.07, 6.45) is 0. The van der Waals surface area contributed by atoms with E-state index in [1.165, 1.54) is 23.2 Å². The van der Waals surface area contributed by atoms with Crippen molar-refractivity contribution in [1.82, 2.24) is 9.88 Å². The minimum absolute atomic E-state index is 0.170. The lowest BCUT2D eigenvalue weighted by Gasteiger charge is -2.16. The van der Waals surface area contributed by atoms with Crippen LogP contribution in [0.3, 0.4) is 0 Å². The van der Waals surface area contributed by atoms with Crippen LogP contribution >= 0.6 is 11.3 Å². The maximum atomic E-state index is 12.7. The van der Waals surface area contributed by atoms with E-state index in [4.69, 9.17) is 14.5 Å². The smallest absolute Gasteiger partial charge is 0.254 e. The van der Waals surface area contributed by atoms with E-state index in [0.29, 0.717) is 33.3 Å². The molecular formula is C20H21N3O4S. The van der Waals surface area contributed by atoms with Gasteiger partial charge in [0, 0.05) is 38.7 Å². The summed E-state index contributed by atoms with van der Waals surface area (Å²) >= 11 is 1.41. The molecule has 0 bridgehead atoms. The highest BCUT2D eigenvalue weighted by atomic mass is 32.1. The van der Waals surface area contributed by atoms with Crippen LogP contribution in [-0.4, -0.2) is 50.0 Å². The summed E-state index contributed by atoms with van der Waals surface area (Å²) in [6.45, 7) is 1.43. The van der Waals surface area contributed by atoms with Gasteiger partial charge in [0.05, 0.1) is 35.7 Å². The van der Waals surface area contributed by atoms with Crippen molar-refractivity contribution in [2.45, 2.75) is 6.92 Å². The van der Waals surface area contributed by atoms with Crippen molar-refractivity contribution in [3.05, 3.63) is 35.9 Å². The zero-order valence-electron chi connectivity index (χ0n) is 16.3. The number of hydrogen-bond donors (Lipinski definition) is 1. The van der Waals surface area contributed by atoms with E-state index in [1.54, 1.807) is 52.6 Å². The number of amides is 2. The molecule has 0 spiro atoms. The van der Waals surface area contributed by atoms with Crippen LogP contribution in [0.5, 0.6) is 11.5 Å². The fourth-order valence-electron chi connectivity index (χ4n) is 2.86. The molecule has 0 aliphatic heterocycles. The molecule has 0 unspecified atom stereocenters. The van der Waals surface area contributed by atoms with Crippen molar-refractivity contribution in [2.75, 3.05) is 33.6 Å². The second-order valence-electron chi connectivity index (χ2n) is 6.30. The van der Waals surface area contributed by atoms with Crippen LogP contribution in [-0.2, 0) is 4.79 Å². The lowest BCUT2D eigenvalue weighted by atomic mass is 10.0. The van der Waals surface area contributed by atoms with Crippen LogP contribution in [0.4, 0.5) is 5.69 Å². The van der Waals surface area contributed by atoms with E-state index < -0.39 is 0 Å². The standard InChI is InChI=1S/C20H21N3O4S/c1-11(24)21-13-8-6-7-12(20(25)23(2)3)18(13)19-22-14-9-15(26-4)16(27-5)10-17(14)28-19/h6-10H,1-5H3,(H,21,24). The van der Waals surface area contributed by atoms with E-state index in [9.17, 15) is 9.59 Å². The van der Waals surface area contributed by atoms with Gasteiger partial charge in [-0.25, -0.2) is 4.98 Å². The van der Waals surface area contributed by atoms with Crippen LogP contribution < -0.4 is 14.8 Å². The summed E-state index contributed by atoms with van der Waals surface area (Å²) in [7, 11) is 6.51. The van der Waals surface area contributed by atoms with Gasteiger partial charge >= 0.3 is 0 Å². The van der Waals surface area contributed by atoms with Crippen LogP contribution in [0.2, 0.25) is 0 Å². The molecule has 2 amide bonds. The number of ether oxygens (including phenoxy) is 2. The second-order valence-corrected chi connectivity index (χ2v) is 7.33. The first kappa shape index (κ1) is 19.6. The predicted octanol–water partition coefficient (Wildman–Crippen LogP) is 3.64. The largest absolute Gasteiger partial charge is 0.493 e. The van der Waals surface area contributed by atoms with Gasteiger partial charge in [-0.3, -0.25) is 9.59 Å². The minimum Gasteiger partial charge on any atom is -0.493 e. The number of fused-ring (bicyclic) bond motifs is 1. The highest BCUT2D eigenvalue weighted by Crippen LogP contribution is 2.41. The van der Waals surface area contributed by atoms with Gasteiger partial charge in [-0.15, -0.1) is 11.3 Å². The van der Waals surface area contributed by atoms with Crippen LogP contribution in [0.1, 0.15) is 17.3 Å². The zero-order valence-corrected chi connectivity index (χ0v) is 17.1. The highest BCUT2D eigenvalue weighted by molar-refractivity contribution is 7.21. The van der Waals surface area contributed by atoms with Crippen LogP contribution in [0, 0.1) is 0 Å². The maximum absolute atomic E-state index is 12.7. The van der Waals surface area contributed by atoms with Crippen molar-refractivity contribution >= 4 is 39.1 Å². The number of nitrogens with one attached hydrogen (secondary N) is 1. The van der Waals surface area contributed by atoms with Gasteiger partial charge in [0.15, 0.2) is 11.5 Å². The molecule has 28 heavy (non-hydrogen) atoms. The van der Waals surface area contributed by atoms with Gasteiger partial charge in [-0.1, -0.05) is 6.07 Å². The Morgan fingerprint density at radius 1 is 1.11 bits per heavy atom. The number of carbonyl (C=O) groups excluding carboxylic acids is 2. The Labute approximate surface area is 166 Å². The molecule has 0 aliphatic carbocycles. The molecule has 0 saturated carbocycles. The fraction of sp³-hybridized carbons (Fsp3) is 0.250. The van der Waals surface area contributed by atoms with Gasteiger partial charge < -0.3 is 19.7 Å². The topological polar surface area (TPSA) is 80.8 Å². The molecule has 1 N–H and O–H groups in total. The summed E-state index contributed by atoms with van der Waals surface area (Å²) in [6, 6.07) is 8.88. The SMILES string of the molecule is COc1cc2nc(-c3c(NC(C)=O)cccc3C(=O)N(C)C)sc2cc1OC. The van der Waals surface area contributed by atoms with E-state index in [0.717, 1.165) is 10.2 Å². The number of rotatable bonds is 5. The first-order valence-electron chi connectivity index (χ1n) is 8.51. The molecule has 0 fully saturated rings. The molecule has 0 saturated heterocycles. The maximum Gasteiger partial charge on any atom is 0.254 e. The molecule has 3 rings (SSSR count). The molecule has 1 aromatic heterocycles. The predicted molar refractivity (Wildman–Crippen MR) is 110 cm³/mol. The average Bonchev–Trinajstić information content (AvgIpc) is 3.07. The van der Waals surface area contributed by atoms with Crippen molar-refractivity contribution in [3.8, 4) is 22.1 Å². The van der Waals surface area contributed by atoms with Crippen molar-refractivity contribution < 1.29 is 19.1 Å². The Morgan fingerprint density at radius 3 is 2.39 bits per heavy atom. The molecule has 8 heteroatoms. The summed E-state index contributed by atoms with van der Waals surface area (Å²) < 4.78 is 11.6. The third-order valence-corrected chi connectivity index (χ3v) is 5.16. The van der Waals surface area contributed by atoms with Gasteiger partial charge in [0.25, 0.3) is 5.91 Å². The van der Waals surface area contributed by atoms with Gasteiger partial charge in [-0.2, -0.15) is 0 Å². The third kappa shape index (κ3) is 3.63. The molecule has 0 radical (unpaired) electrons. The Hall–Kier alpha value is -3.13. The highest BCUT2D eigenvalue weighted by Gasteiger charge is 2.22. The monoisotopic (exact) mass is 399 g/mol. The quantitative estimate of drug-likeness (QED) is 0.708. The zero-order chi connectivity index (χ0) is 20.4. The number of methoxy groups -OCH3 is 2.